The van der Waals surface area contributed by atoms with E-state index in [1.54, 1.807) is 18.3 Å². The number of rotatable bonds is 6. The zero-order valence-electron chi connectivity index (χ0n) is 16.8. The maximum Gasteiger partial charge on any atom is 0.295 e. The molecule has 1 aliphatic carbocycles. The second-order valence-corrected chi connectivity index (χ2v) is 9.40. The van der Waals surface area contributed by atoms with E-state index in [1.807, 2.05) is 24.3 Å². The second-order valence-electron chi connectivity index (χ2n) is 7.31. The number of fused-ring (bicyclic) bond motifs is 2. The van der Waals surface area contributed by atoms with E-state index in [9.17, 15) is 14.4 Å². The molecule has 0 N–H and O–H groups in total. The summed E-state index contributed by atoms with van der Waals surface area (Å²) in [5.41, 5.74) is 1.74. The maximum absolute atomic E-state index is 12.7. The van der Waals surface area contributed by atoms with Gasteiger partial charge in [0, 0.05) is 4.83 Å². The number of hydrogen-bond acceptors (Lipinski definition) is 8. The number of likely N-dealkylation sites (tertiary alicyclic amines) is 1. The highest BCUT2D eigenvalue weighted by molar-refractivity contribution is 9.09. The number of halogens is 1. The van der Waals surface area contributed by atoms with Gasteiger partial charge in [0.15, 0.2) is 5.01 Å². The summed E-state index contributed by atoms with van der Waals surface area (Å²) < 4.78 is 7.73. The number of aromatic nitrogens is 4. The van der Waals surface area contributed by atoms with Gasteiger partial charge in [0.25, 0.3) is 5.91 Å². The van der Waals surface area contributed by atoms with Crippen LogP contribution in [0.3, 0.4) is 0 Å². The number of alkyl halides is 1. The smallest absolute Gasteiger partial charge is 0.295 e. The summed E-state index contributed by atoms with van der Waals surface area (Å²) >= 11 is 4.78. The number of amides is 1. The molecule has 1 aromatic carbocycles. The molecular weight excluding hydrogens is 498 g/mol. The average molecular weight is 514 g/mol. The zero-order chi connectivity index (χ0) is 22.4. The maximum atomic E-state index is 12.7. The quantitative estimate of drug-likeness (QED) is 0.283. The first-order valence-corrected chi connectivity index (χ1v) is 11.4. The van der Waals surface area contributed by atoms with Crippen molar-refractivity contribution in [3.05, 3.63) is 64.8 Å². The van der Waals surface area contributed by atoms with E-state index in [0.29, 0.717) is 22.2 Å². The molecule has 0 spiro atoms. The molecule has 32 heavy (non-hydrogen) atoms. The van der Waals surface area contributed by atoms with Crippen LogP contribution in [0.4, 0.5) is 0 Å². The summed E-state index contributed by atoms with van der Waals surface area (Å²) in [7, 11) is 1.49. The standard InChI is InChI=1S/C21H16BrN5O4S/c1-31-15-7-6-12(22)17-18(15)27(21(30)19(17)29)9-11-8-26(25-24-11)10-14(28)20-23-13-4-2-3-5-16(13)32-20/h2-8,12,17H,9-10H2,1H3. The van der Waals surface area contributed by atoms with E-state index in [2.05, 4.69) is 31.2 Å². The Hall–Kier alpha value is -3.18. The largest absolute Gasteiger partial charge is 0.495 e. The third kappa shape index (κ3) is 3.47. The van der Waals surface area contributed by atoms with Crippen LogP contribution in [0.5, 0.6) is 0 Å². The van der Waals surface area contributed by atoms with Crippen molar-refractivity contribution in [2.45, 2.75) is 17.9 Å². The van der Waals surface area contributed by atoms with Crippen molar-refractivity contribution in [2.75, 3.05) is 7.11 Å². The Morgan fingerprint density at radius 1 is 1.28 bits per heavy atom. The monoisotopic (exact) mass is 513 g/mol. The number of allylic oxidation sites excluding steroid dienone is 3. The van der Waals surface area contributed by atoms with Gasteiger partial charge in [0.05, 0.1) is 41.7 Å². The number of carbonyl (C=O) groups excluding carboxylic acids is 3. The number of hydrogen-bond donors (Lipinski definition) is 0. The van der Waals surface area contributed by atoms with Crippen molar-refractivity contribution in [3.63, 3.8) is 0 Å². The van der Waals surface area contributed by atoms with Gasteiger partial charge in [-0.25, -0.2) is 9.67 Å². The van der Waals surface area contributed by atoms with Gasteiger partial charge < -0.3 is 4.74 Å². The summed E-state index contributed by atoms with van der Waals surface area (Å²) in [4.78, 5) is 43.3. The minimum Gasteiger partial charge on any atom is -0.495 e. The van der Waals surface area contributed by atoms with Crippen LogP contribution in [-0.2, 0) is 27.4 Å². The molecule has 5 rings (SSSR count). The summed E-state index contributed by atoms with van der Waals surface area (Å²) in [6, 6.07) is 7.55. The Labute approximate surface area is 194 Å². The molecular formula is C21H16BrN5O4S. The van der Waals surface area contributed by atoms with Crippen molar-refractivity contribution < 1.29 is 19.1 Å². The first kappa shape index (κ1) is 20.7. The first-order chi connectivity index (χ1) is 15.5. The Morgan fingerprint density at radius 2 is 2.09 bits per heavy atom. The number of ketones is 2. The van der Waals surface area contributed by atoms with Gasteiger partial charge >= 0.3 is 0 Å². The Kier molecular flexibility index (Phi) is 5.22. The van der Waals surface area contributed by atoms with Gasteiger partial charge in [0.2, 0.25) is 11.6 Å². The van der Waals surface area contributed by atoms with Crippen LogP contribution in [0.15, 0.2) is 54.1 Å². The number of Topliss-reactive ketones (excluding diaryl/α,β-unsaturated/α-hetero) is 2. The Balaban J connectivity index is 1.35. The number of benzene rings is 1. The number of nitrogens with zero attached hydrogens (tertiary/aromatic N) is 5. The molecule has 1 fully saturated rings. The lowest BCUT2D eigenvalue weighted by Gasteiger charge is -2.25. The Morgan fingerprint density at radius 3 is 2.88 bits per heavy atom. The zero-order valence-corrected chi connectivity index (χ0v) is 19.2. The van der Waals surface area contributed by atoms with Crippen LogP contribution >= 0.6 is 27.3 Å². The lowest BCUT2D eigenvalue weighted by molar-refractivity contribution is -0.140. The van der Waals surface area contributed by atoms with Crippen molar-refractivity contribution in [1.82, 2.24) is 24.9 Å². The van der Waals surface area contributed by atoms with Crippen molar-refractivity contribution in [1.29, 1.82) is 0 Å². The van der Waals surface area contributed by atoms with E-state index in [-0.39, 0.29) is 23.7 Å². The van der Waals surface area contributed by atoms with Crippen LogP contribution in [0.1, 0.15) is 15.5 Å². The molecule has 1 amide bonds. The fourth-order valence-corrected chi connectivity index (χ4v) is 5.35. The molecule has 3 aromatic rings. The number of ether oxygens (including phenoxy) is 1. The molecule has 2 atom stereocenters. The van der Waals surface area contributed by atoms with Gasteiger partial charge in [-0.15, -0.1) is 16.4 Å². The minimum atomic E-state index is -0.641. The molecule has 2 aromatic heterocycles. The number of thiazole rings is 1. The SMILES string of the molecule is COC1=C2C(C(=O)C(=O)N2Cc2cn(CC(=O)c3nc4ccccc4s3)nn2)C(Br)C=C1. The molecule has 9 nitrogen and oxygen atoms in total. The van der Waals surface area contributed by atoms with Crippen molar-refractivity contribution >= 4 is 55.0 Å². The van der Waals surface area contributed by atoms with E-state index in [1.165, 1.54) is 28.0 Å². The fourth-order valence-electron chi connectivity index (χ4n) is 3.81. The molecule has 1 saturated heterocycles. The van der Waals surface area contributed by atoms with Crippen LogP contribution < -0.4 is 0 Å². The molecule has 3 heterocycles. The van der Waals surface area contributed by atoms with Gasteiger partial charge in [-0.1, -0.05) is 39.4 Å². The van der Waals surface area contributed by atoms with Gasteiger partial charge in [-0.05, 0) is 18.2 Å². The van der Waals surface area contributed by atoms with Crippen molar-refractivity contribution in [3.8, 4) is 0 Å². The normalized spacial score (nSPS) is 20.4. The summed E-state index contributed by atoms with van der Waals surface area (Å²) in [6.07, 6.45) is 5.11. The summed E-state index contributed by atoms with van der Waals surface area (Å²) in [5.74, 6) is -1.48. The van der Waals surface area contributed by atoms with Gasteiger partial charge in [-0.3, -0.25) is 19.3 Å². The fraction of sp³-hybridized carbons (Fsp3) is 0.238. The average Bonchev–Trinajstić information content (AvgIpc) is 3.48. The molecule has 162 valence electrons. The minimum absolute atomic E-state index is 0.0272. The lowest BCUT2D eigenvalue weighted by Crippen LogP contribution is -2.27. The van der Waals surface area contributed by atoms with Crippen LogP contribution in [0, 0.1) is 5.92 Å². The first-order valence-electron chi connectivity index (χ1n) is 9.70. The number of methoxy groups -OCH3 is 1. The van der Waals surface area contributed by atoms with Crippen molar-refractivity contribution in [2.24, 2.45) is 5.92 Å². The lowest BCUT2D eigenvalue weighted by atomic mass is 9.95. The third-order valence-electron chi connectivity index (χ3n) is 5.29. The van der Waals surface area contributed by atoms with Crippen LogP contribution in [-0.4, -0.2) is 54.3 Å². The highest BCUT2D eigenvalue weighted by Gasteiger charge is 2.49. The molecule has 2 aliphatic rings. The molecule has 11 heteroatoms. The van der Waals surface area contributed by atoms with E-state index >= 15 is 0 Å². The van der Waals surface area contributed by atoms with Crippen LogP contribution in [0.25, 0.3) is 10.2 Å². The number of carbonyl (C=O) groups is 3. The van der Waals surface area contributed by atoms with E-state index < -0.39 is 17.6 Å². The number of para-hydroxylation sites is 1. The predicted octanol–water partition coefficient (Wildman–Crippen LogP) is 2.49. The van der Waals surface area contributed by atoms with Gasteiger partial charge in [-0.2, -0.15) is 0 Å². The molecule has 0 saturated carbocycles. The third-order valence-corrected chi connectivity index (χ3v) is 7.20. The molecule has 0 radical (unpaired) electrons. The predicted molar refractivity (Wildman–Crippen MR) is 119 cm³/mol. The van der Waals surface area contributed by atoms with Crippen LogP contribution in [0.2, 0.25) is 0 Å². The summed E-state index contributed by atoms with van der Waals surface area (Å²) in [6.45, 7) is 0.0205. The highest BCUT2D eigenvalue weighted by atomic mass is 79.9. The van der Waals surface area contributed by atoms with Gasteiger partial charge in [0.1, 0.15) is 18.0 Å². The molecule has 1 aliphatic heterocycles. The second kappa shape index (κ2) is 8.06. The van der Waals surface area contributed by atoms with E-state index in [4.69, 9.17) is 4.74 Å². The Bertz CT molecular complexity index is 1290. The topological polar surface area (TPSA) is 107 Å². The highest BCUT2D eigenvalue weighted by Crippen LogP contribution is 2.39. The molecule has 2 unspecified atom stereocenters. The molecule has 0 bridgehead atoms. The summed E-state index contributed by atoms with van der Waals surface area (Å²) in [5, 5.41) is 8.49. The van der Waals surface area contributed by atoms with E-state index in [0.717, 1.165) is 10.2 Å².